The number of rotatable bonds is 5. The van der Waals surface area contributed by atoms with Crippen LogP contribution in [0.2, 0.25) is 0 Å². The van der Waals surface area contributed by atoms with Crippen LogP contribution in [0.25, 0.3) is 0 Å². The number of benzene rings is 1. The zero-order valence-electron chi connectivity index (χ0n) is 11.7. The molecule has 1 aliphatic heterocycles. The first-order valence-corrected chi connectivity index (χ1v) is 6.99. The Hall–Kier alpha value is -1.71. The lowest BCUT2D eigenvalue weighted by Crippen LogP contribution is -2.28. The van der Waals surface area contributed by atoms with Gasteiger partial charge >= 0.3 is 5.97 Å². The van der Waals surface area contributed by atoms with Gasteiger partial charge in [-0.2, -0.15) is 0 Å². The molecule has 1 fully saturated rings. The van der Waals surface area contributed by atoms with Crippen LogP contribution in [0.15, 0.2) is 24.3 Å². The lowest BCUT2D eigenvalue weighted by atomic mass is 10.2. The zero-order valence-corrected chi connectivity index (χ0v) is 11.7. The van der Waals surface area contributed by atoms with Gasteiger partial charge in [0.15, 0.2) is 0 Å². The average Bonchev–Trinajstić information content (AvgIpc) is 2.94. The lowest BCUT2D eigenvalue weighted by Gasteiger charge is -2.19. The summed E-state index contributed by atoms with van der Waals surface area (Å²) in [5.74, 6) is -0.217. The van der Waals surface area contributed by atoms with Crippen LogP contribution in [0.4, 0.5) is 11.4 Å². The molecule has 2 rings (SSSR count). The van der Waals surface area contributed by atoms with Crippen molar-refractivity contribution >= 4 is 17.3 Å². The van der Waals surface area contributed by atoms with Crippen molar-refractivity contribution in [2.24, 2.45) is 0 Å². The Morgan fingerprint density at radius 2 is 1.95 bits per heavy atom. The summed E-state index contributed by atoms with van der Waals surface area (Å²) < 4.78 is 4.97. The molecule has 0 spiro atoms. The summed E-state index contributed by atoms with van der Waals surface area (Å²) in [6, 6.07) is 7.92. The maximum atomic E-state index is 11.5. The molecule has 1 aromatic rings. The lowest BCUT2D eigenvalue weighted by molar-refractivity contribution is -0.143. The first kappa shape index (κ1) is 13.7. The minimum atomic E-state index is -0.322. The SMILES string of the molecule is CCOC(=O)C(C)Nc1ccc(N2CCCC2)cc1. The van der Waals surface area contributed by atoms with E-state index in [0.29, 0.717) is 6.61 Å². The number of hydrogen-bond acceptors (Lipinski definition) is 4. The van der Waals surface area contributed by atoms with Gasteiger partial charge in [-0.1, -0.05) is 0 Å². The van der Waals surface area contributed by atoms with Crippen LogP contribution in [-0.4, -0.2) is 31.7 Å². The van der Waals surface area contributed by atoms with E-state index in [4.69, 9.17) is 4.74 Å². The third kappa shape index (κ3) is 3.63. The molecule has 0 bridgehead atoms. The standard InChI is InChI=1S/C15H22N2O2/c1-3-19-15(18)12(2)16-13-6-8-14(9-7-13)17-10-4-5-11-17/h6-9,12,16H,3-5,10-11H2,1-2H3. The molecule has 0 saturated carbocycles. The molecular weight excluding hydrogens is 240 g/mol. The van der Waals surface area contributed by atoms with E-state index >= 15 is 0 Å². The smallest absolute Gasteiger partial charge is 0.328 e. The van der Waals surface area contributed by atoms with Gasteiger partial charge in [0.05, 0.1) is 6.61 Å². The van der Waals surface area contributed by atoms with E-state index in [0.717, 1.165) is 18.8 Å². The summed E-state index contributed by atoms with van der Waals surface area (Å²) in [5.41, 5.74) is 2.20. The quantitative estimate of drug-likeness (QED) is 0.828. The normalized spacial score (nSPS) is 16.2. The van der Waals surface area contributed by atoms with Crippen molar-refractivity contribution in [3.05, 3.63) is 24.3 Å². The van der Waals surface area contributed by atoms with Gasteiger partial charge in [0.1, 0.15) is 6.04 Å². The van der Waals surface area contributed by atoms with Crippen molar-refractivity contribution in [1.29, 1.82) is 0 Å². The number of ether oxygens (including phenoxy) is 1. The second kappa shape index (κ2) is 6.45. The predicted molar refractivity (Wildman–Crippen MR) is 77.6 cm³/mol. The molecule has 1 aromatic carbocycles. The molecule has 1 unspecified atom stereocenters. The van der Waals surface area contributed by atoms with Crippen LogP contribution in [0, 0.1) is 0 Å². The third-order valence-electron chi connectivity index (χ3n) is 3.36. The average molecular weight is 262 g/mol. The largest absolute Gasteiger partial charge is 0.464 e. The second-order valence-electron chi connectivity index (χ2n) is 4.86. The number of nitrogens with one attached hydrogen (secondary N) is 1. The minimum absolute atomic E-state index is 0.217. The van der Waals surface area contributed by atoms with Gasteiger partial charge in [-0.25, -0.2) is 4.79 Å². The van der Waals surface area contributed by atoms with E-state index in [-0.39, 0.29) is 12.0 Å². The van der Waals surface area contributed by atoms with Gasteiger partial charge in [-0.15, -0.1) is 0 Å². The van der Waals surface area contributed by atoms with Gasteiger partial charge in [-0.3, -0.25) is 0 Å². The molecule has 0 amide bonds. The summed E-state index contributed by atoms with van der Waals surface area (Å²) in [4.78, 5) is 13.9. The third-order valence-corrected chi connectivity index (χ3v) is 3.36. The van der Waals surface area contributed by atoms with E-state index in [1.165, 1.54) is 18.5 Å². The number of hydrogen-bond donors (Lipinski definition) is 1. The Morgan fingerprint density at radius 3 is 2.53 bits per heavy atom. The maximum absolute atomic E-state index is 11.5. The number of carbonyl (C=O) groups excluding carboxylic acids is 1. The fourth-order valence-electron chi connectivity index (χ4n) is 2.32. The van der Waals surface area contributed by atoms with Crippen LogP contribution in [-0.2, 0) is 9.53 Å². The minimum Gasteiger partial charge on any atom is -0.464 e. The fraction of sp³-hybridized carbons (Fsp3) is 0.533. The van der Waals surface area contributed by atoms with Gasteiger partial charge in [0.25, 0.3) is 0 Å². The Morgan fingerprint density at radius 1 is 1.32 bits per heavy atom. The molecule has 0 aromatic heterocycles. The van der Waals surface area contributed by atoms with Crippen LogP contribution in [0.5, 0.6) is 0 Å². The van der Waals surface area contributed by atoms with Crippen LogP contribution >= 0.6 is 0 Å². The highest BCUT2D eigenvalue weighted by Crippen LogP contribution is 2.22. The molecule has 1 saturated heterocycles. The highest BCUT2D eigenvalue weighted by atomic mass is 16.5. The summed E-state index contributed by atoms with van der Waals surface area (Å²) in [6.07, 6.45) is 2.56. The predicted octanol–water partition coefficient (Wildman–Crippen LogP) is 2.65. The summed E-state index contributed by atoms with van der Waals surface area (Å²) in [5, 5.41) is 3.15. The van der Waals surface area contributed by atoms with E-state index in [2.05, 4.69) is 22.3 Å². The van der Waals surface area contributed by atoms with Crippen molar-refractivity contribution in [2.75, 3.05) is 29.9 Å². The summed E-state index contributed by atoms with van der Waals surface area (Å²) in [7, 11) is 0. The van der Waals surface area contributed by atoms with Gasteiger partial charge in [-0.05, 0) is 51.0 Å². The molecule has 4 heteroatoms. The highest BCUT2D eigenvalue weighted by molar-refractivity contribution is 5.78. The summed E-state index contributed by atoms with van der Waals surface area (Å²) >= 11 is 0. The first-order valence-electron chi connectivity index (χ1n) is 6.99. The molecule has 104 valence electrons. The number of nitrogens with zero attached hydrogens (tertiary/aromatic N) is 1. The first-order chi connectivity index (χ1) is 9.20. The van der Waals surface area contributed by atoms with E-state index in [1.54, 1.807) is 0 Å². The molecular formula is C15H22N2O2. The molecule has 4 nitrogen and oxygen atoms in total. The Balaban J connectivity index is 1.92. The molecule has 1 aliphatic rings. The fourth-order valence-corrected chi connectivity index (χ4v) is 2.32. The second-order valence-corrected chi connectivity index (χ2v) is 4.86. The Labute approximate surface area is 114 Å². The maximum Gasteiger partial charge on any atom is 0.328 e. The molecule has 19 heavy (non-hydrogen) atoms. The van der Waals surface area contributed by atoms with Gasteiger partial charge < -0.3 is 15.0 Å². The van der Waals surface area contributed by atoms with Gasteiger partial charge in [0.2, 0.25) is 0 Å². The number of anilines is 2. The molecule has 0 aliphatic carbocycles. The van der Waals surface area contributed by atoms with Crippen LogP contribution in [0.1, 0.15) is 26.7 Å². The summed E-state index contributed by atoms with van der Waals surface area (Å²) in [6.45, 7) is 6.33. The van der Waals surface area contributed by atoms with Crippen molar-refractivity contribution in [1.82, 2.24) is 0 Å². The highest BCUT2D eigenvalue weighted by Gasteiger charge is 2.14. The number of carbonyl (C=O) groups is 1. The molecule has 1 atom stereocenters. The van der Waals surface area contributed by atoms with Gasteiger partial charge in [0, 0.05) is 24.5 Å². The molecule has 0 radical (unpaired) electrons. The van der Waals surface area contributed by atoms with E-state index in [1.807, 2.05) is 26.0 Å². The molecule has 1 N–H and O–H groups in total. The van der Waals surface area contributed by atoms with E-state index < -0.39 is 0 Å². The monoisotopic (exact) mass is 262 g/mol. The Bertz CT molecular complexity index is 411. The topological polar surface area (TPSA) is 41.6 Å². The van der Waals surface area contributed by atoms with Crippen molar-refractivity contribution in [3.63, 3.8) is 0 Å². The van der Waals surface area contributed by atoms with Crippen molar-refractivity contribution < 1.29 is 9.53 Å². The number of esters is 1. The van der Waals surface area contributed by atoms with E-state index in [9.17, 15) is 4.79 Å². The zero-order chi connectivity index (χ0) is 13.7. The Kier molecular flexibility index (Phi) is 4.66. The molecule has 1 heterocycles. The van der Waals surface area contributed by atoms with Crippen molar-refractivity contribution in [3.8, 4) is 0 Å². The van der Waals surface area contributed by atoms with Crippen LogP contribution < -0.4 is 10.2 Å². The van der Waals surface area contributed by atoms with Crippen molar-refractivity contribution in [2.45, 2.75) is 32.7 Å². The van der Waals surface area contributed by atoms with Crippen LogP contribution in [0.3, 0.4) is 0 Å².